The molecule has 0 saturated carbocycles. The zero-order valence-corrected chi connectivity index (χ0v) is 7.28. The number of halogens is 4. The Morgan fingerprint density at radius 1 is 1.36 bits per heavy atom. The molecule has 1 nitrogen and oxygen atoms in total. The fourth-order valence-electron chi connectivity index (χ4n) is 0.592. The molecule has 1 aliphatic heterocycles. The largest absolute Gasteiger partial charge is 0.397 e. The van der Waals surface area contributed by atoms with Crippen molar-refractivity contribution in [3.8, 4) is 0 Å². The normalized spacial score (nSPS) is 18.8. The van der Waals surface area contributed by atoms with Crippen LogP contribution in [0, 0.1) is 0 Å². The van der Waals surface area contributed by atoms with E-state index in [1.54, 1.807) is 0 Å². The van der Waals surface area contributed by atoms with Crippen LogP contribution in [0.1, 0.15) is 0 Å². The predicted octanol–water partition coefficient (Wildman–Crippen LogP) is 1.68. The number of thioether (sulfide) groups is 1. The van der Waals surface area contributed by atoms with Crippen molar-refractivity contribution < 1.29 is 13.2 Å². The molecule has 1 fully saturated rings. The van der Waals surface area contributed by atoms with E-state index < -0.39 is 11.9 Å². The lowest BCUT2D eigenvalue weighted by molar-refractivity contribution is -0.105. The summed E-state index contributed by atoms with van der Waals surface area (Å²) < 4.78 is 34.6. The first-order chi connectivity index (χ1) is 4.58. The van der Waals surface area contributed by atoms with E-state index in [1.165, 1.54) is 0 Å². The van der Waals surface area contributed by atoms with E-state index in [9.17, 15) is 13.2 Å². The molecule has 0 spiro atoms. The minimum atomic E-state index is -4.00. The van der Waals surface area contributed by atoms with Crippen molar-refractivity contribution in [2.24, 2.45) is 0 Å². The molecule has 11 heavy (non-hydrogen) atoms. The topological polar surface area (TPSA) is 12.0 Å². The second-order valence-electron chi connectivity index (χ2n) is 2.21. The summed E-state index contributed by atoms with van der Waals surface area (Å²) in [5.41, 5.74) is 0. The Morgan fingerprint density at radius 2 is 1.91 bits per heavy atom. The third-order valence-electron chi connectivity index (χ3n) is 1.23. The first-order valence-electron chi connectivity index (χ1n) is 2.97. The quantitative estimate of drug-likeness (QED) is 0.740. The van der Waals surface area contributed by atoms with E-state index in [0.29, 0.717) is 0 Å². The summed E-state index contributed by atoms with van der Waals surface area (Å²) in [6.45, 7) is 1.45. The van der Waals surface area contributed by atoms with Crippen molar-refractivity contribution in [3.63, 3.8) is 0 Å². The maximum Gasteiger partial charge on any atom is 0.397 e. The van der Waals surface area contributed by atoms with E-state index in [1.807, 2.05) is 0 Å². The average Bonchev–Trinajstić information content (AvgIpc) is 1.56. The minimum absolute atomic E-state index is 0. The third-order valence-corrected chi connectivity index (χ3v) is 2.53. The Labute approximate surface area is 73.5 Å². The molecule has 1 saturated heterocycles. The third kappa shape index (κ3) is 4.76. The highest BCUT2D eigenvalue weighted by molar-refractivity contribution is 8.00. The van der Waals surface area contributed by atoms with E-state index in [4.69, 9.17) is 0 Å². The molecule has 0 bridgehead atoms. The molecule has 68 valence electrons. The maximum atomic E-state index is 11.5. The van der Waals surface area contributed by atoms with Gasteiger partial charge in [0.25, 0.3) is 0 Å². The highest BCUT2D eigenvalue weighted by atomic mass is 35.5. The van der Waals surface area contributed by atoms with Gasteiger partial charge in [-0.3, -0.25) is 0 Å². The van der Waals surface area contributed by atoms with Crippen LogP contribution in [0.3, 0.4) is 0 Å². The van der Waals surface area contributed by atoms with Crippen LogP contribution in [0.4, 0.5) is 13.2 Å². The van der Waals surface area contributed by atoms with Crippen molar-refractivity contribution in [1.82, 2.24) is 5.32 Å². The van der Waals surface area contributed by atoms with Crippen LogP contribution < -0.4 is 5.32 Å². The van der Waals surface area contributed by atoms with Crippen LogP contribution in [0.15, 0.2) is 0 Å². The summed E-state index contributed by atoms with van der Waals surface area (Å²) in [5.74, 6) is -0.709. The van der Waals surface area contributed by atoms with E-state index in [2.05, 4.69) is 5.32 Å². The van der Waals surface area contributed by atoms with Gasteiger partial charge in [-0.05, 0) is 0 Å². The van der Waals surface area contributed by atoms with Gasteiger partial charge in [0.05, 0.1) is 5.75 Å². The monoisotopic (exact) mass is 207 g/mol. The van der Waals surface area contributed by atoms with Gasteiger partial charge in [0.1, 0.15) is 0 Å². The molecule has 0 unspecified atom stereocenters. The van der Waals surface area contributed by atoms with E-state index >= 15 is 0 Å². The van der Waals surface area contributed by atoms with Crippen molar-refractivity contribution >= 4 is 24.2 Å². The molecular weight excluding hydrogens is 199 g/mol. The molecule has 0 aromatic rings. The van der Waals surface area contributed by atoms with Crippen molar-refractivity contribution in [2.75, 3.05) is 18.8 Å². The Kier molecular flexibility index (Phi) is 4.58. The molecule has 1 N–H and O–H groups in total. The fourth-order valence-corrected chi connectivity index (χ4v) is 1.49. The van der Waals surface area contributed by atoms with Gasteiger partial charge < -0.3 is 5.32 Å². The van der Waals surface area contributed by atoms with Crippen LogP contribution in [-0.4, -0.2) is 30.3 Å². The summed E-state index contributed by atoms with van der Waals surface area (Å²) in [7, 11) is 0. The Bertz CT molecular complexity index is 115. The van der Waals surface area contributed by atoms with Crippen LogP contribution in [0.5, 0.6) is 0 Å². The average molecular weight is 208 g/mol. The highest BCUT2D eigenvalue weighted by Gasteiger charge is 2.30. The first-order valence-corrected chi connectivity index (χ1v) is 4.02. The van der Waals surface area contributed by atoms with E-state index in [0.717, 1.165) is 24.9 Å². The number of hydrogen-bond acceptors (Lipinski definition) is 2. The van der Waals surface area contributed by atoms with Crippen LogP contribution >= 0.6 is 24.2 Å². The summed E-state index contributed by atoms with van der Waals surface area (Å²) in [5, 5.41) is 3.09. The second kappa shape index (κ2) is 4.42. The molecule has 0 aromatic carbocycles. The van der Waals surface area contributed by atoms with Gasteiger partial charge in [-0.25, -0.2) is 0 Å². The number of alkyl halides is 3. The molecule has 0 aliphatic carbocycles. The van der Waals surface area contributed by atoms with Gasteiger partial charge in [-0.15, -0.1) is 24.2 Å². The molecular formula is C5H9ClF3NS. The van der Waals surface area contributed by atoms with Crippen molar-refractivity contribution in [3.05, 3.63) is 0 Å². The smallest absolute Gasteiger partial charge is 0.314 e. The summed E-state index contributed by atoms with van der Waals surface area (Å²) >= 11 is 0.983. The Hall–Kier alpha value is 0.390. The lowest BCUT2D eigenvalue weighted by Gasteiger charge is -2.26. The van der Waals surface area contributed by atoms with Gasteiger partial charge in [0.2, 0.25) is 0 Å². The predicted molar refractivity (Wildman–Crippen MR) is 42.4 cm³/mol. The van der Waals surface area contributed by atoms with Crippen LogP contribution in [0.2, 0.25) is 0 Å². The van der Waals surface area contributed by atoms with Crippen LogP contribution in [-0.2, 0) is 0 Å². The Balaban J connectivity index is 0.000001000. The standard InChI is InChI=1S/C5H8F3NS.ClH/c6-5(7,8)3-10-4-1-9-2-4;/h4,9H,1-3H2;1H. The van der Waals surface area contributed by atoms with Crippen molar-refractivity contribution in [1.29, 1.82) is 0 Å². The van der Waals surface area contributed by atoms with Gasteiger partial charge in [-0.2, -0.15) is 13.2 Å². The Morgan fingerprint density at radius 3 is 2.18 bits per heavy atom. The highest BCUT2D eigenvalue weighted by Crippen LogP contribution is 2.25. The lowest BCUT2D eigenvalue weighted by Crippen LogP contribution is -2.45. The summed E-state index contributed by atoms with van der Waals surface area (Å²) in [6.07, 6.45) is -4.00. The summed E-state index contributed by atoms with van der Waals surface area (Å²) in [4.78, 5) is 0. The number of rotatable bonds is 2. The molecule has 0 aromatic heterocycles. The molecule has 0 radical (unpaired) electrons. The van der Waals surface area contributed by atoms with Gasteiger partial charge in [0.15, 0.2) is 0 Å². The van der Waals surface area contributed by atoms with Gasteiger partial charge in [0, 0.05) is 18.3 Å². The fraction of sp³-hybridized carbons (Fsp3) is 1.00. The maximum absolute atomic E-state index is 11.5. The van der Waals surface area contributed by atoms with E-state index in [-0.39, 0.29) is 17.7 Å². The summed E-state index contributed by atoms with van der Waals surface area (Å²) in [6, 6.07) is 0. The number of nitrogens with one attached hydrogen (secondary N) is 1. The number of hydrogen-bond donors (Lipinski definition) is 1. The second-order valence-corrected chi connectivity index (χ2v) is 3.50. The molecule has 0 amide bonds. The zero-order valence-electron chi connectivity index (χ0n) is 5.65. The lowest BCUT2D eigenvalue weighted by atomic mass is 10.3. The zero-order chi connectivity index (χ0) is 7.61. The van der Waals surface area contributed by atoms with Crippen molar-refractivity contribution in [2.45, 2.75) is 11.4 Å². The molecule has 6 heteroatoms. The molecule has 1 rings (SSSR count). The van der Waals surface area contributed by atoms with Crippen LogP contribution in [0.25, 0.3) is 0 Å². The molecule has 1 aliphatic rings. The SMILES string of the molecule is Cl.FC(F)(F)CSC1CNC1. The van der Waals surface area contributed by atoms with Gasteiger partial charge in [-0.1, -0.05) is 0 Å². The molecule has 0 atom stereocenters. The molecule has 1 heterocycles. The minimum Gasteiger partial charge on any atom is -0.314 e. The first kappa shape index (κ1) is 11.4. The van der Waals surface area contributed by atoms with Gasteiger partial charge >= 0.3 is 6.18 Å².